The Balaban J connectivity index is 1.71. The van der Waals surface area contributed by atoms with Gasteiger partial charge in [-0.05, 0) is 44.4 Å². The first-order valence-corrected chi connectivity index (χ1v) is 11.6. The predicted molar refractivity (Wildman–Crippen MR) is 111 cm³/mol. The molecule has 0 aromatic heterocycles. The first kappa shape index (κ1) is 24.1. The average molecular weight is 401 g/mol. The molecule has 0 N–H and O–H groups in total. The van der Waals surface area contributed by atoms with Crippen molar-refractivity contribution in [2.75, 3.05) is 27.9 Å². The van der Waals surface area contributed by atoms with Crippen molar-refractivity contribution < 1.29 is 23.7 Å². The molecule has 0 aromatic rings. The number of rotatable bonds is 17. The van der Waals surface area contributed by atoms with Crippen LogP contribution in [0.4, 0.5) is 0 Å². The van der Waals surface area contributed by atoms with Crippen LogP contribution < -0.4 is 0 Å². The van der Waals surface area contributed by atoms with Crippen LogP contribution in [0.3, 0.4) is 0 Å². The highest BCUT2D eigenvalue weighted by atomic mass is 16.9. The van der Waals surface area contributed by atoms with Gasteiger partial charge in [0.05, 0.1) is 18.3 Å². The largest absolute Gasteiger partial charge is 0.370 e. The number of hydrogen-bond acceptors (Lipinski definition) is 5. The highest BCUT2D eigenvalue weighted by Gasteiger charge is 2.43. The summed E-state index contributed by atoms with van der Waals surface area (Å²) in [4.78, 5) is 0. The van der Waals surface area contributed by atoms with Gasteiger partial charge in [0.15, 0.2) is 0 Å². The standard InChI is InChI=1S/C23H44O5/c1-5-6-7-8-9-10-11-12-20(27-18-23(24-2,25-3)26-4)15-13-19-14-16-21-22(17-19)28-21/h19-22H,5-18H2,1-4H3. The lowest BCUT2D eigenvalue weighted by atomic mass is 9.85. The van der Waals surface area contributed by atoms with Gasteiger partial charge in [0, 0.05) is 21.3 Å². The normalized spacial score (nSPS) is 25.5. The summed E-state index contributed by atoms with van der Waals surface area (Å²) in [6.07, 6.45) is 17.9. The van der Waals surface area contributed by atoms with Crippen molar-refractivity contribution in [1.82, 2.24) is 0 Å². The van der Waals surface area contributed by atoms with Gasteiger partial charge in [-0.3, -0.25) is 0 Å². The Bertz CT molecular complexity index is 390. The van der Waals surface area contributed by atoms with Crippen LogP contribution >= 0.6 is 0 Å². The SMILES string of the molecule is CCCCCCCCCC(CCC1CCC2OC2C1)OCC(OC)(OC)OC. The molecule has 0 spiro atoms. The molecule has 0 bridgehead atoms. The van der Waals surface area contributed by atoms with Crippen LogP contribution in [-0.2, 0) is 23.7 Å². The molecule has 1 aliphatic heterocycles. The average Bonchev–Trinajstić information content (AvgIpc) is 3.50. The van der Waals surface area contributed by atoms with Gasteiger partial charge in [0.25, 0.3) is 0 Å². The zero-order valence-corrected chi connectivity index (χ0v) is 18.8. The summed E-state index contributed by atoms with van der Waals surface area (Å²) >= 11 is 0. The van der Waals surface area contributed by atoms with Crippen LogP contribution in [0.5, 0.6) is 0 Å². The second-order valence-corrected chi connectivity index (χ2v) is 8.61. The van der Waals surface area contributed by atoms with Gasteiger partial charge in [-0.25, -0.2) is 0 Å². The van der Waals surface area contributed by atoms with E-state index in [1.165, 1.54) is 70.6 Å². The van der Waals surface area contributed by atoms with Crippen molar-refractivity contribution in [1.29, 1.82) is 0 Å². The van der Waals surface area contributed by atoms with Crippen LogP contribution in [0.1, 0.15) is 90.4 Å². The van der Waals surface area contributed by atoms with Crippen LogP contribution in [0.25, 0.3) is 0 Å². The smallest absolute Gasteiger partial charge is 0.307 e. The molecular formula is C23H44O5. The Morgan fingerprint density at radius 1 is 0.857 bits per heavy atom. The van der Waals surface area contributed by atoms with Gasteiger partial charge < -0.3 is 23.7 Å². The minimum Gasteiger partial charge on any atom is -0.370 e. The Hall–Kier alpha value is -0.200. The van der Waals surface area contributed by atoms with E-state index in [0.717, 1.165) is 18.8 Å². The Morgan fingerprint density at radius 2 is 1.54 bits per heavy atom. The van der Waals surface area contributed by atoms with E-state index in [1.54, 1.807) is 21.3 Å². The van der Waals surface area contributed by atoms with E-state index in [-0.39, 0.29) is 6.10 Å². The third-order valence-corrected chi connectivity index (χ3v) is 6.57. The molecule has 0 aromatic carbocycles. The third kappa shape index (κ3) is 8.27. The fraction of sp³-hybridized carbons (Fsp3) is 1.00. The second-order valence-electron chi connectivity index (χ2n) is 8.61. The van der Waals surface area contributed by atoms with Crippen LogP contribution in [0.2, 0.25) is 0 Å². The molecule has 4 atom stereocenters. The lowest BCUT2D eigenvalue weighted by Gasteiger charge is -2.31. The monoisotopic (exact) mass is 400 g/mol. The number of fused-ring (bicyclic) bond motifs is 1. The zero-order chi connectivity index (χ0) is 20.2. The molecule has 2 rings (SSSR count). The van der Waals surface area contributed by atoms with Gasteiger partial charge >= 0.3 is 5.97 Å². The Kier molecular flexibility index (Phi) is 11.3. The molecule has 4 unspecified atom stereocenters. The van der Waals surface area contributed by atoms with Crippen molar-refractivity contribution in [3.05, 3.63) is 0 Å². The van der Waals surface area contributed by atoms with E-state index < -0.39 is 5.97 Å². The van der Waals surface area contributed by atoms with Crippen molar-refractivity contribution in [2.24, 2.45) is 5.92 Å². The first-order chi connectivity index (χ1) is 13.7. The summed E-state index contributed by atoms with van der Waals surface area (Å²) in [5.41, 5.74) is 0. The molecule has 1 aliphatic carbocycles. The van der Waals surface area contributed by atoms with Crippen LogP contribution in [0.15, 0.2) is 0 Å². The van der Waals surface area contributed by atoms with Crippen molar-refractivity contribution in [2.45, 2.75) is 115 Å². The fourth-order valence-electron chi connectivity index (χ4n) is 4.46. The van der Waals surface area contributed by atoms with Crippen LogP contribution in [-0.4, -0.2) is 52.2 Å². The highest BCUT2D eigenvalue weighted by molar-refractivity contribution is 4.91. The molecule has 5 nitrogen and oxygen atoms in total. The molecule has 166 valence electrons. The zero-order valence-electron chi connectivity index (χ0n) is 18.8. The molecule has 1 saturated heterocycles. The summed E-state index contributed by atoms with van der Waals surface area (Å²) in [5.74, 6) is -0.306. The number of ether oxygens (including phenoxy) is 5. The van der Waals surface area contributed by atoms with Gasteiger partial charge in [-0.1, -0.05) is 51.9 Å². The summed E-state index contributed by atoms with van der Waals surface area (Å²) in [7, 11) is 4.78. The molecule has 0 radical (unpaired) electrons. The molecular weight excluding hydrogens is 356 g/mol. The quantitative estimate of drug-likeness (QED) is 0.184. The third-order valence-electron chi connectivity index (χ3n) is 6.57. The van der Waals surface area contributed by atoms with E-state index in [2.05, 4.69) is 6.92 Å². The van der Waals surface area contributed by atoms with E-state index in [9.17, 15) is 0 Å². The molecule has 5 heteroatoms. The first-order valence-electron chi connectivity index (χ1n) is 11.6. The van der Waals surface area contributed by atoms with Crippen molar-refractivity contribution >= 4 is 0 Å². The number of unbranched alkanes of at least 4 members (excludes halogenated alkanes) is 6. The summed E-state index contributed by atoms with van der Waals surface area (Å²) in [5, 5.41) is 0. The molecule has 2 fully saturated rings. The lowest BCUT2D eigenvalue weighted by Crippen LogP contribution is -2.42. The lowest BCUT2D eigenvalue weighted by molar-refractivity contribution is -0.371. The maximum Gasteiger partial charge on any atom is 0.307 e. The van der Waals surface area contributed by atoms with E-state index in [4.69, 9.17) is 23.7 Å². The molecule has 1 heterocycles. The highest BCUT2D eigenvalue weighted by Crippen LogP contribution is 2.41. The molecule has 2 aliphatic rings. The van der Waals surface area contributed by atoms with Gasteiger partial charge in [0.1, 0.15) is 6.61 Å². The molecule has 28 heavy (non-hydrogen) atoms. The predicted octanol–water partition coefficient (Wildman–Crippen LogP) is 5.45. The van der Waals surface area contributed by atoms with Gasteiger partial charge in [-0.15, -0.1) is 0 Å². The maximum absolute atomic E-state index is 6.25. The summed E-state index contributed by atoms with van der Waals surface area (Å²) in [6, 6.07) is 0. The minimum absolute atomic E-state index is 0.244. The topological polar surface area (TPSA) is 49.5 Å². The van der Waals surface area contributed by atoms with Gasteiger partial charge in [0.2, 0.25) is 0 Å². The summed E-state index contributed by atoms with van der Waals surface area (Å²) < 4.78 is 28.1. The van der Waals surface area contributed by atoms with Crippen molar-refractivity contribution in [3.63, 3.8) is 0 Å². The second kappa shape index (κ2) is 13.2. The number of epoxide rings is 1. The Labute approximate surface area is 172 Å². The van der Waals surface area contributed by atoms with Crippen LogP contribution in [0, 0.1) is 5.92 Å². The van der Waals surface area contributed by atoms with E-state index >= 15 is 0 Å². The summed E-state index contributed by atoms with van der Waals surface area (Å²) in [6.45, 7) is 2.57. The minimum atomic E-state index is -1.10. The number of hydrogen-bond donors (Lipinski definition) is 0. The number of methoxy groups -OCH3 is 3. The van der Waals surface area contributed by atoms with E-state index in [0.29, 0.717) is 18.8 Å². The maximum atomic E-state index is 6.25. The van der Waals surface area contributed by atoms with Gasteiger partial charge in [-0.2, -0.15) is 0 Å². The molecule has 0 amide bonds. The fourth-order valence-corrected chi connectivity index (χ4v) is 4.46. The van der Waals surface area contributed by atoms with Crippen molar-refractivity contribution in [3.8, 4) is 0 Å². The Morgan fingerprint density at radius 3 is 2.18 bits per heavy atom. The van der Waals surface area contributed by atoms with E-state index in [1.807, 2.05) is 0 Å². The molecule has 1 saturated carbocycles.